The lowest BCUT2D eigenvalue weighted by molar-refractivity contribution is 0.0188. The highest BCUT2D eigenvalue weighted by Crippen LogP contribution is 2.36. The number of β-amino-alcohol motifs (C(OH)–C–C–N with tert-alkyl or cyclic N) is 1. The Labute approximate surface area is 161 Å². The Kier molecular flexibility index (Phi) is 5.81. The number of aromatic nitrogens is 2. The van der Waals surface area contributed by atoms with Crippen LogP contribution in [0.4, 0.5) is 0 Å². The molecule has 4 rings (SSSR count). The zero-order valence-corrected chi connectivity index (χ0v) is 16.0. The topological polar surface area (TPSA) is 58.5 Å². The monoisotopic (exact) mass is 387 g/mol. The van der Waals surface area contributed by atoms with Crippen LogP contribution in [0.2, 0.25) is 0 Å². The van der Waals surface area contributed by atoms with Crippen LogP contribution in [0.5, 0.6) is 0 Å². The van der Waals surface area contributed by atoms with Gasteiger partial charge in [-0.15, -0.1) is 23.1 Å². The normalized spacial score (nSPS) is 16.8. The SMILES string of the molecule is O[C@@H](CSc1ncnc2sc(-c3ccccc3)cc12)CN1CCOCC1. The van der Waals surface area contributed by atoms with Gasteiger partial charge in [-0.1, -0.05) is 30.3 Å². The van der Waals surface area contributed by atoms with Crippen molar-refractivity contribution < 1.29 is 9.84 Å². The fourth-order valence-electron chi connectivity index (χ4n) is 3.00. The Morgan fingerprint density at radius 1 is 1.19 bits per heavy atom. The summed E-state index contributed by atoms with van der Waals surface area (Å²) < 4.78 is 5.35. The summed E-state index contributed by atoms with van der Waals surface area (Å²) in [6, 6.07) is 12.5. The van der Waals surface area contributed by atoms with Crippen LogP contribution in [0.15, 0.2) is 47.8 Å². The van der Waals surface area contributed by atoms with Crippen LogP contribution >= 0.6 is 23.1 Å². The van der Waals surface area contributed by atoms with Gasteiger partial charge in [-0.05, 0) is 11.6 Å². The summed E-state index contributed by atoms with van der Waals surface area (Å²) in [5.74, 6) is 0.625. The Morgan fingerprint density at radius 3 is 2.81 bits per heavy atom. The molecule has 7 heteroatoms. The molecule has 1 N–H and O–H groups in total. The minimum absolute atomic E-state index is 0.379. The second-order valence-corrected chi connectivity index (χ2v) is 8.29. The van der Waals surface area contributed by atoms with Gasteiger partial charge >= 0.3 is 0 Å². The first-order valence-corrected chi connectivity index (χ1v) is 10.5. The summed E-state index contributed by atoms with van der Waals surface area (Å²) in [5, 5.41) is 12.4. The number of aliphatic hydroxyl groups is 1. The first kappa shape index (κ1) is 17.9. The highest BCUT2D eigenvalue weighted by Gasteiger charge is 2.16. The molecule has 5 nitrogen and oxygen atoms in total. The maximum atomic E-state index is 10.4. The fraction of sp³-hybridized carbons (Fsp3) is 0.368. The van der Waals surface area contributed by atoms with Crippen LogP contribution in [-0.4, -0.2) is 64.7 Å². The second kappa shape index (κ2) is 8.45. The number of hydrogen-bond donors (Lipinski definition) is 1. The molecule has 0 aliphatic carbocycles. The third-order valence-corrected chi connectivity index (χ3v) is 6.58. The van der Waals surface area contributed by atoms with E-state index in [9.17, 15) is 5.11 Å². The van der Waals surface area contributed by atoms with Gasteiger partial charge in [0, 0.05) is 35.7 Å². The van der Waals surface area contributed by atoms with E-state index in [2.05, 4.69) is 33.1 Å². The first-order valence-electron chi connectivity index (χ1n) is 8.70. The zero-order chi connectivity index (χ0) is 17.8. The average Bonchev–Trinajstić information content (AvgIpc) is 3.13. The van der Waals surface area contributed by atoms with E-state index in [0.717, 1.165) is 41.5 Å². The molecule has 1 aliphatic heterocycles. The van der Waals surface area contributed by atoms with Gasteiger partial charge in [-0.3, -0.25) is 4.90 Å². The Balaban J connectivity index is 1.45. The number of fused-ring (bicyclic) bond motifs is 1. The Bertz CT molecular complexity index is 850. The summed E-state index contributed by atoms with van der Waals surface area (Å²) in [7, 11) is 0. The summed E-state index contributed by atoms with van der Waals surface area (Å²) >= 11 is 3.28. The van der Waals surface area contributed by atoms with Gasteiger partial charge in [-0.2, -0.15) is 0 Å². The van der Waals surface area contributed by atoms with E-state index in [1.807, 2.05) is 18.2 Å². The van der Waals surface area contributed by atoms with Crippen molar-refractivity contribution >= 4 is 33.3 Å². The van der Waals surface area contributed by atoms with Crippen molar-refractivity contribution in [3.8, 4) is 10.4 Å². The smallest absolute Gasteiger partial charge is 0.128 e. The quantitative estimate of drug-likeness (QED) is 0.518. The molecule has 2 aromatic heterocycles. The number of thioether (sulfide) groups is 1. The molecule has 3 heterocycles. The number of rotatable bonds is 6. The molecule has 26 heavy (non-hydrogen) atoms. The third kappa shape index (κ3) is 4.24. The Hall–Kier alpha value is -1.51. The molecule has 1 fully saturated rings. The maximum absolute atomic E-state index is 10.4. The molecule has 1 atom stereocenters. The van der Waals surface area contributed by atoms with E-state index >= 15 is 0 Å². The van der Waals surface area contributed by atoms with Crippen molar-refractivity contribution in [1.82, 2.24) is 14.9 Å². The van der Waals surface area contributed by atoms with E-state index < -0.39 is 0 Å². The summed E-state index contributed by atoms with van der Waals surface area (Å²) in [5.41, 5.74) is 1.19. The average molecular weight is 388 g/mol. The van der Waals surface area contributed by atoms with E-state index in [1.54, 1.807) is 29.4 Å². The van der Waals surface area contributed by atoms with Crippen molar-refractivity contribution in [2.45, 2.75) is 11.1 Å². The van der Waals surface area contributed by atoms with E-state index in [1.165, 1.54) is 10.4 Å². The van der Waals surface area contributed by atoms with Gasteiger partial charge in [0.25, 0.3) is 0 Å². The molecule has 0 radical (unpaired) electrons. The van der Waals surface area contributed by atoms with E-state index in [-0.39, 0.29) is 6.10 Å². The first-order chi connectivity index (χ1) is 12.8. The lowest BCUT2D eigenvalue weighted by Gasteiger charge is -2.28. The second-order valence-electron chi connectivity index (χ2n) is 6.25. The van der Waals surface area contributed by atoms with Crippen LogP contribution in [0.25, 0.3) is 20.7 Å². The number of ether oxygens (including phenoxy) is 1. The van der Waals surface area contributed by atoms with Crippen LogP contribution in [0.3, 0.4) is 0 Å². The number of hydrogen-bond acceptors (Lipinski definition) is 7. The number of thiophene rings is 1. The van der Waals surface area contributed by atoms with Crippen LogP contribution in [0, 0.1) is 0 Å². The molecule has 1 saturated heterocycles. The molecule has 0 saturated carbocycles. The predicted molar refractivity (Wildman–Crippen MR) is 107 cm³/mol. The molecule has 0 spiro atoms. The Morgan fingerprint density at radius 2 is 2.00 bits per heavy atom. The molecule has 0 unspecified atom stereocenters. The van der Waals surface area contributed by atoms with Crippen LogP contribution in [0.1, 0.15) is 0 Å². The highest BCUT2D eigenvalue weighted by atomic mass is 32.2. The number of morpholine rings is 1. The van der Waals surface area contributed by atoms with Crippen LogP contribution < -0.4 is 0 Å². The maximum Gasteiger partial charge on any atom is 0.128 e. The molecular weight excluding hydrogens is 366 g/mol. The van der Waals surface area contributed by atoms with Gasteiger partial charge in [-0.25, -0.2) is 9.97 Å². The predicted octanol–water partition coefficient (Wildman–Crippen LogP) is 3.14. The van der Waals surface area contributed by atoms with Crippen molar-refractivity contribution in [2.24, 2.45) is 0 Å². The van der Waals surface area contributed by atoms with Crippen molar-refractivity contribution in [3.63, 3.8) is 0 Å². The van der Waals surface area contributed by atoms with Crippen LogP contribution in [-0.2, 0) is 4.74 Å². The van der Waals surface area contributed by atoms with Gasteiger partial charge in [0.2, 0.25) is 0 Å². The standard InChI is InChI=1S/C19H21N3O2S2/c23-15(11-22-6-8-24-9-7-22)12-25-18-16-10-17(14-4-2-1-3-5-14)26-19(16)21-13-20-18/h1-5,10,13,15,23H,6-9,11-12H2/t15-/m1/s1. The lowest BCUT2D eigenvalue weighted by Crippen LogP contribution is -2.41. The van der Waals surface area contributed by atoms with Crippen molar-refractivity contribution in [1.29, 1.82) is 0 Å². The van der Waals surface area contributed by atoms with Crippen molar-refractivity contribution in [2.75, 3.05) is 38.6 Å². The van der Waals surface area contributed by atoms with E-state index in [0.29, 0.717) is 12.3 Å². The molecule has 1 aromatic carbocycles. The largest absolute Gasteiger partial charge is 0.391 e. The lowest BCUT2D eigenvalue weighted by atomic mass is 10.2. The highest BCUT2D eigenvalue weighted by molar-refractivity contribution is 7.99. The molecule has 136 valence electrons. The number of benzene rings is 1. The van der Waals surface area contributed by atoms with Gasteiger partial charge < -0.3 is 9.84 Å². The number of nitrogens with zero attached hydrogens (tertiary/aromatic N) is 3. The molecule has 3 aromatic rings. The number of aliphatic hydroxyl groups excluding tert-OH is 1. The molecular formula is C19H21N3O2S2. The minimum Gasteiger partial charge on any atom is -0.391 e. The van der Waals surface area contributed by atoms with Gasteiger partial charge in [0.05, 0.1) is 19.3 Å². The fourth-order valence-corrected chi connectivity index (χ4v) is 4.96. The minimum atomic E-state index is -0.379. The van der Waals surface area contributed by atoms with Gasteiger partial charge in [0.1, 0.15) is 16.2 Å². The van der Waals surface area contributed by atoms with E-state index in [4.69, 9.17) is 4.74 Å². The summed E-state index contributed by atoms with van der Waals surface area (Å²) in [6.45, 7) is 3.98. The molecule has 0 bridgehead atoms. The summed E-state index contributed by atoms with van der Waals surface area (Å²) in [4.78, 5) is 13.3. The van der Waals surface area contributed by atoms with Gasteiger partial charge in [0.15, 0.2) is 0 Å². The zero-order valence-electron chi connectivity index (χ0n) is 14.4. The molecule has 0 amide bonds. The molecule has 1 aliphatic rings. The third-order valence-electron chi connectivity index (χ3n) is 4.34. The summed E-state index contributed by atoms with van der Waals surface area (Å²) in [6.07, 6.45) is 1.24. The van der Waals surface area contributed by atoms with Crippen molar-refractivity contribution in [3.05, 3.63) is 42.7 Å².